The Kier molecular flexibility index (Phi) is 5.93. The molecule has 0 bridgehead atoms. The smallest absolute Gasteiger partial charge is 0.208 e. The highest BCUT2D eigenvalue weighted by molar-refractivity contribution is 9.10. The molecule has 0 aromatic heterocycles. The lowest BCUT2D eigenvalue weighted by Gasteiger charge is -2.19. The molecule has 0 aliphatic heterocycles. The van der Waals surface area contributed by atoms with Crippen molar-refractivity contribution in [3.8, 4) is 0 Å². The van der Waals surface area contributed by atoms with E-state index < -0.39 is 10.0 Å². The van der Waals surface area contributed by atoms with E-state index in [-0.39, 0.29) is 16.9 Å². The summed E-state index contributed by atoms with van der Waals surface area (Å²) in [4.78, 5) is 0.174. The van der Waals surface area contributed by atoms with Crippen LogP contribution in [0.2, 0.25) is 5.02 Å². The lowest BCUT2D eigenvalue weighted by molar-refractivity contribution is 0.480. The average Bonchev–Trinajstić information content (AvgIpc) is 2.30. The Labute approximate surface area is 126 Å². The predicted octanol–water partition coefficient (Wildman–Crippen LogP) is 3.64. The van der Waals surface area contributed by atoms with E-state index in [1.54, 1.807) is 6.92 Å². The van der Waals surface area contributed by atoms with Gasteiger partial charge in [0, 0.05) is 16.4 Å². The Bertz CT molecular complexity index is 522. The zero-order valence-corrected chi connectivity index (χ0v) is 13.9. The molecule has 0 heterocycles. The molecule has 102 valence electrons. The van der Waals surface area contributed by atoms with Crippen molar-refractivity contribution in [2.75, 3.05) is 5.88 Å². The second-order valence-electron chi connectivity index (χ2n) is 4.12. The van der Waals surface area contributed by atoms with Crippen molar-refractivity contribution in [1.82, 2.24) is 4.72 Å². The van der Waals surface area contributed by atoms with Gasteiger partial charge < -0.3 is 0 Å². The van der Waals surface area contributed by atoms with E-state index in [1.807, 2.05) is 6.92 Å². The molecule has 3 nitrogen and oxygen atoms in total. The first-order valence-electron chi connectivity index (χ1n) is 5.31. The van der Waals surface area contributed by atoms with Crippen LogP contribution in [0, 0.1) is 5.92 Å². The normalized spacial score (nSPS) is 15.4. The molecule has 18 heavy (non-hydrogen) atoms. The first kappa shape index (κ1) is 16.2. The summed E-state index contributed by atoms with van der Waals surface area (Å²) in [6.07, 6.45) is 0. The van der Waals surface area contributed by atoms with Gasteiger partial charge >= 0.3 is 0 Å². The van der Waals surface area contributed by atoms with Gasteiger partial charge in [-0.05, 0) is 47.0 Å². The minimum atomic E-state index is -3.55. The summed E-state index contributed by atoms with van der Waals surface area (Å²) in [5.41, 5.74) is 0. The average molecular weight is 375 g/mol. The van der Waals surface area contributed by atoms with E-state index >= 15 is 0 Å². The predicted molar refractivity (Wildman–Crippen MR) is 78.8 cm³/mol. The standard InChI is InChI=1S/C11H14BrCl2NO2S/c1-7(6-13)8(2)15-18(16,17)9-3-4-11(14)10(12)5-9/h3-5,7-8,15H,6H2,1-2H3. The van der Waals surface area contributed by atoms with E-state index in [0.717, 1.165) is 0 Å². The Balaban J connectivity index is 2.96. The molecule has 0 amide bonds. The fourth-order valence-corrected chi connectivity index (χ4v) is 3.50. The van der Waals surface area contributed by atoms with Crippen LogP contribution in [-0.2, 0) is 10.0 Å². The summed E-state index contributed by atoms with van der Waals surface area (Å²) in [7, 11) is -3.55. The molecule has 1 N–H and O–H groups in total. The van der Waals surface area contributed by atoms with Gasteiger partial charge in [0.05, 0.1) is 9.92 Å². The van der Waals surface area contributed by atoms with Crippen molar-refractivity contribution in [2.24, 2.45) is 5.92 Å². The molecule has 0 radical (unpaired) electrons. The molecule has 2 unspecified atom stereocenters. The summed E-state index contributed by atoms with van der Waals surface area (Å²) in [6.45, 7) is 3.67. The molecule has 1 aromatic carbocycles. The molecule has 1 rings (SSSR count). The van der Waals surface area contributed by atoms with Crippen molar-refractivity contribution >= 4 is 49.2 Å². The third kappa shape index (κ3) is 4.10. The summed E-state index contributed by atoms with van der Waals surface area (Å²) in [6, 6.07) is 4.24. The first-order chi connectivity index (χ1) is 8.27. The van der Waals surface area contributed by atoms with Gasteiger partial charge in [-0.1, -0.05) is 18.5 Å². The van der Waals surface area contributed by atoms with Crippen LogP contribution < -0.4 is 4.72 Å². The minimum absolute atomic E-state index is 0.0529. The monoisotopic (exact) mass is 373 g/mol. The Morgan fingerprint density at radius 3 is 2.50 bits per heavy atom. The fraction of sp³-hybridized carbons (Fsp3) is 0.455. The van der Waals surface area contributed by atoms with Gasteiger partial charge in [0.2, 0.25) is 10.0 Å². The van der Waals surface area contributed by atoms with Crippen LogP contribution >= 0.6 is 39.1 Å². The van der Waals surface area contributed by atoms with Crippen LogP contribution in [0.25, 0.3) is 0 Å². The Morgan fingerprint density at radius 2 is 2.00 bits per heavy atom. The molecule has 0 saturated heterocycles. The van der Waals surface area contributed by atoms with Crippen LogP contribution in [0.15, 0.2) is 27.6 Å². The lowest BCUT2D eigenvalue weighted by Crippen LogP contribution is -2.37. The zero-order valence-electron chi connectivity index (χ0n) is 9.95. The highest BCUT2D eigenvalue weighted by Crippen LogP contribution is 2.25. The summed E-state index contributed by atoms with van der Waals surface area (Å²) >= 11 is 14.7. The highest BCUT2D eigenvalue weighted by Gasteiger charge is 2.21. The van der Waals surface area contributed by atoms with Gasteiger partial charge in [-0.3, -0.25) is 0 Å². The number of nitrogens with one attached hydrogen (secondary N) is 1. The maximum absolute atomic E-state index is 12.1. The molecular formula is C11H14BrCl2NO2S. The van der Waals surface area contributed by atoms with Crippen molar-refractivity contribution in [2.45, 2.75) is 24.8 Å². The van der Waals surface area contributed by atoms with Crippen molar-refractivity contribution < 1.29 is 8.42 Å². The molecule has 0 aliphatic carbocycles. The van der Waals surface area contributed by atoms with E-state index in [4.69, 9.17) is 23.2 Å². The summed E-state index contributed by atoms with van der Waals surface area (Å²) in [5, 5.41) is 0.469. The molecule has 1 aromatic rings. The van der Waals surface area contributed by atoms with Crippen molar-refractivity contribution in [3.05, 3.63) is 27.7 Å². The van der Waals surface area contributed by atoms with Gasteiger partial charge in [0.25, 0.3) is 0 Å². The third-order valence-electron chi connectivity index (χ3n) is 2.64. The topological polar surface area (TPSA) is 46.2 Å². The second-order valence-corrected chi connectivity index (χ2v) is 7.40. The van der Waals surface area contributed by atoms with Gasteiger partial charge in [-0.2, -0.15) is 0 Å². The number of sulfonamides is 1. The Hall–Kier alpha value is 0.190. The van der Waals surface area contributed by atoms with Crippen molar-refractivity contribution in [1.29, 1.82) is 0 Å². The molecule has 0 aliphatic rings. The molecule has 0 spiro atoms. The van der Waals surface area contributed by atoms with E-state index in [2.05, 4.69) is 20.7 Å². The number of alkyl halides is 1. The molecule has 0 fully saturated rings. The molecule has 7 heteroatoms. The number of hydrogen-bond acceptors (Lipinski definition) is 2. The maximum Gasteiger partial charge on any atom is 0.240 e. The minimum Gasteiger partial charge on any atom is -0.208 e. The van der Waals surface area contributed by atoms with E-state index in [1.165, 1.54) is 18.2 Å². The largest absolute Gasteiger partial charge is 0.240 e. The third-order valence-corrected chi connectivity index (χ3v) is 5.90. The lowest BCUT2D eigenvalue weighted by atomic mass is 10.1. The second kappa shape index (κ2) is 6.57. The number of benzene rings is 1. The summed E-state index contributed by atoms with van der Waals surface area (Å²) < 4.78 is 27.4. The number of halogens is 3. The quantitative estimate of drug-likeness (QED) is 0.799. The molecule has 0 saturated carbocycles. The number of hydrogen-bond donors (Lipinski definition) is 1. The zero-order chi connectivity index (χ0) is 13.9. The Morgan fingerprint density at radius 1 is 1.39 bits per heavy atom. The SMILES string of the molecule is CC(CCl)C(C)NS(=O)(=O)c1ccc(Cl)c(Br)c1. The number of rotatable bonds is 5. The van der Waals surface area contributed by atoms with Crippen molar-refractivity contribution in [3.63, 3.8) is 0 Å². The van der Waals surface area contributed by atoms with Crippen LogP contribution in [0.1, 0.15) is 13.8 Å². The van der Waals surface area contributed by atoms with Crippen LogP contribution in [0.5, 0.6) is 0 Å². The van der Waals surface area contributed by atoms with Crippen LogP contribution in [0.4, 0.5) is 0 Å². The fourth-order valence-electron chi connectivity index (χ4n) is 1.21. The van der Waals surface area contributed by atoms with Gasteiger partial charge in [-0.15, -0.1) is 11.6 Å². The van der Waals surface area contributed by atoms with Gasteiger partial charge in [0.1, 0.15) is 0 Å². The van der Waals surface area contributed by atoms with Crippen LogP contribution in [-0.4, -0.2) is 20.3 Å². The molecular weight excluding hydrogens is 361 g/mol. The van der Waals surface area contributed by atoms with E-state index in [0.29, 0.717) is 15.4 Å². The van der Waals surface area contributed by atoms with Gasteiger partial charge in [0.15, 0.2) is 0 Å². The van der Waals surface area contributed by atoms with Gasteiger partial charge in [-0.25, -0.2) is 13.1 Å². The molecule has 2 atom stereocenters. The highest BCUT2D eigenvalue weighted by atomic mass is 79.9. The first-order valence-corrected chi connectivity index (χ1v) is 8.50. The summed E-state index contributed by atoms with van der Waals surface area (Å²) in [5.74, 6) is 0.450. The maximum atomic E-state index is 12.1. The van der Waals surface area contributed by atoms with E-state index in [9.17, 15) is 8.42 Å². The van der Waals surface area contributed by atoms with Crippen LogP contribution in [0.3, 0.4) is 0 Å².